The molecule has 0 saturated carbocycles. The number of hydrogen-bond acceptors (Lipinski definition) is 4. The van der Waals surface area contributed by atoms with Gasteiger partial charge >= 0.3 is 5.97 Å². The van der Waals surface area contributed by atoms with Crippen LogP contribution in [0.5, 0.6) is 0 Å². The number of carbonyl (C=O) groups excluding carboxylic acids is 1. The number of nitriles is 1. The van der Waals surface area contributed by atoms with Crippen molar-refractivity contribution in [2.75, 3.05) is 7.11 Å². The van der Waals surface area contributed by atoms with Crippen LogP contribution in [0.4, 0.5) is 0 Å². The monoisotopic (exact) mass is 243 g/mol. The zero-order chi connectivity index (χ0) is 13.1. The van der Waals surface area contributed by atoms with E-state index in [1.165, 1.54) is 17.9 Å². The molecule has 6 heteroatoms. The standard InChI is InChI=1S/C12H9N3O3/c1-18-12(17)8-2-4-10(5-3-8)15-11(16)6-9(7-13)14-15/h2-6,14H,1H3. The topological polar surface area (TPSA) is 87.9 Å². The van der Waals surface area contributed by atoms with E-state index in [0.717, 1.165) is 0 Å². The lowest BCUT2D eigenvalue weighted by molar-refractivity contribution is 0.0601. The summed E-state index contributed by atoms with van der Waals surface area (Å²) in [6, 6.07) is 9.31. The van der Waals surface area contributed by atoms with Gasteiger partial charge in [0.15, 0.2) is 0 Å². The van der Waals surface area contributed by atoms with Crippen LogP contribution >= 0.6 is 0 Å². The van der Waals surface area contributed by atoms with Crippen molar-refractivity contribution in [1.29, 1.82) is 5.26 Å². The Bertz CT molecular complexity index is 674. The maximum atomic E-state index is 11.6. The van der Waals surface area contributed by atoms with Crippen LogP contribution in [-0.2, 0) is 4.74 Å². The summed E-state index contributed by atoms with van der Waals surface area (Å²) in [5.41, 5.74) is 0.768. The lowest BCUT2D eigenvalue weighted by Crippen LogP contribution is -2.13. The van der Waals surface area contributed by atoms with Crippen molar-refractivity contribution in [3.63, 3.8) is 0 Å². The number of rotatable bonds is 2. The molecular weight excluding hydrogens is 234 g/mol. The maximum absolute atomic E-state index is 11.6. The third kappa shape index (κ3) is 2.01. The fourth-order valence-corrected chi connectivity index (χ4v) is 1.51. The van der Waals surface area contributed by atoms with E-state index in [4.69, 9.17) is 5.26 Å². The fraction of sp³-hybridized carbons (Fsp3) is 0.0833. The second-order valence-electron chi connectivity index (χ2n) is 3.49. The number of ether oxygens (including phenoxy) is 1. The Balaban J connectivity index is 2.41. The van der Waals surface area contributed by atoms with Crippen LogP contribution < -0.4 is 5.56 Å². The number of nitrogens with one attached hydrogen (secondary N) is 1. The van der Waals surface area contributed by atoms with E-state index in [9.17, 15) is 9.59 Å². The van der Waals surface area contributed by atoms with Crippen LogP contribution in [0.2, 0.25) is 0 Å². The average molecular weight is 243 g/mol. The van der Waals surface area contributed by atoms with Crippen molar-refractivity contribution < 1.29 is 9.53 Å². The zero-order valence-electron chi connectivity index (χ0n) is 9.51. The number of aromatic amines is 1. The molecule has 1 heterocycles. The Morgan fingerprint density at radius 1 is 1.39 bits per heavy atom. The molecular formula is C12H9N3O3. The van der Waals surface area contributed by atoms with Gasteiger partial charge in [-0.25, -0.2) is 9.48 Å². The maximum Gasteiger partial charge on any atom is 0.337 e. The highest BCUT2D eigenvalue weighted by Gasteiger charge is 2.07. The lowest BCUT2D eigenvalue weighted by atomic mass is 10.2. The summed E-state index contributed by atoms with van der Waals surface area (Å²) in [4.78, 5) is 22.8. The quantitative estimate of drug-likeness (QED) is 0.791. The van der Waals surface area contributed by atoms with Crippen molar-refractivity contribution >= 4 is 5.97 Å². The van der Waals surface area contributed by atoms with Crippen LogP contribution in [0.1, 0.15) is 16.1 Å². The molecule has 0 radical (unpaired) electrons. The van der Waals surface area contributed by atoms with Gasteiger partial charge in [0.2, 0.25) is 0 Å². The van der Waals surface area contributed by atoms with Gasteiger partial charge in [-0.05, 0) is 24.3 Å². The molecule has 18 heavy (non-hydrogen) atoms. The Labute approximate surface area is 102 Å². The summed E-state index contributed by atoms with van der Waals surface area (Å²) < 4.78 is 5.79. The van der Waals surface area contributed by atoms with Crippen LogP contribution in [0, 0.1) is 11.3 Å². The number of benzene rings is 1. The van der Waals surface area contributed by atoms with Crippen molar-refractivity contribution in [1.82, 2.24) is 9.78 Å². The van der Waals surface area contributed by atoms with Gasteiger partial charge in [0, 0.05) is 6.07 Å². The Hall–Kier alpha value is -2.81. The van der Waals surface area contributed by atoms with Crippen molar-refractivity contribution in [3.05, 3.63) is 51.9 Å². The fourth-order valence-electron chi connectivity index (χ4n) is 1.51. The summed E-state index contributed by atoms with van der Waals surface area (Å²) in [5, 5.41) is 11.3. The Kier molecular flexibility index (Phi) is 2.98. The first-order chi connectivity index (χ1) is 8.65. The van der Waals surface area contributed by atoms with Gasteiger partial charge in [-0.15, -0.1) is 0 Å². The van der Waals surface area contributed by atoms with Gasteiger partial charge in [0.25, 0.3) is 5.56 Å². The first-order valence-corrected chi connectivity index (χ1v) is 5.06. The summed E-state index contributed by atoms with van der Waals surface area (Å²) in [7, 11) is 1.30. The van der Waals surface area contributed by atoms with Gasteiger partial charge in [0.1, 0.15) is 11.8 Å². The number of carbonyl (C=O) groups is 1. The third-order valence-corrected chi connectivity index (χ3v) is 2.39. The normalized spacial score (nSPS) is 9.78. The smallest absolute Gasteiger partial charge is 0.337 e. The molecule has 1 N–H and O–H groups in total. The van der Waals surface area contributed by atoms with E-state index >= 15 is 0 Å². The van der Waals surface area contributed by atoms with E-state index < -0.39 is 5.97 Å². The van der Waals surface area contributed by atoms with E-state index in [1.807, 2.05) is 6.07 Å². The summed E-state index contributed by atoms with van der Waals surface area (Å²) in [5.74, 6) is -0.446. The number of aromatic nitrogens is 2. The highest BCUT2D eigenvalue weighted by Crippen LogP contribution is 2.08. The molecule has 0 atom stereocenters. The summed E-state index contributed by atoms with van der Waals surface area (Å²) in [6.45, 7) is 0. The number of esters is 1. The first kappa shape index (κ1) is 11.7. The van der Waals surface area contributed by atoms with Crippen molar-refractivity contribution in [2.24, 2.45) is 0 Å². The molecule has 0 unspecified atom stereocenters. The highest BCUT2D eigenvalue weighted by molar-refractivity contribution is 5.89. The zero-order valence-corrected chi connectivity index (χ0v) is 9.51. The highest BCUT2D eigenvalue weighted by atomic mass is 16.5. The molecule has 0 aliphatic carbocycles. The minimum absolute atomic E-state index is 0.178. The van der Waals surface area contributed by atoms with Crippen LogP contribution in [-0.4, -0.2) is 22.9 Å². The van der Waals surface area contributed by atoms with Gasteiger partial charge in [-0.2, -0.15) is 5.26 Å². The van der Waals surface area contributed by atoms with Gasteiger partial charge in [-0.3, -0.25) is 9.89 Å². The second-order valence-corrected chi connectivity index (χ2v) is 3.49. The summed E-state index contributed by atoms with van der Waals surface area (Å²) >= 11 is 0. The van der Waals surface area contributed by atoms with Gasteiger partial charge < -0.3 is 4.74 Å². The lowest BCUT2D eigenvalue weighted by Gasteiger charge is -2.03. The van der Waals surface area contributed by atoms with E-state index in [-0.39, 0.29) is 11.3 Å². The summed E-state index contributed by atoms with van der Waals surface area (Å²) in [6.07, 6.45) is 0. The van der Waals surface area contributed by atoms with Crippen LogP contribution in [0.25, 0.3) is 5.69 Å². The molecule has 0 bridgehead atoms. The second kappa shape index (κ2) is 4.59. The number of H-pyrrole nitrogens is 1. The molecule has 2 aromatic rings. The SMILES string of the molecule is COC(=O)c1ccc(-n2[nH]c(C#N)cc2=O)cc1. The van der Waals surface area contributed by atoms with Crippen molar-refractivity contribution in [3.8, 4) is 11.8 Å². The molecule has 0 aliphatic heterocycles. The predicted octanol–water partition coefficient (Wildman–Crippen LogP) is 0.824. The molecule has 2 rings (SSSR count). The molecule has 0 spiro atoms. The number of hydrogen-bond donors (Lipinski definition) is 1. The molecule has 6 nitrogen and oxygen atoms in total. The van der Waals surface area contributed by atoms with Crippen LogP contribution in [0.15, 0.2) is 35.1 Å². The minimum atomic E-state index is -0.446. The number of methoxy groups -OCH3 is 1. The van der Waals surface area contributed by atoms with Gasteiger partial charge in [-0.1, -0.05) is 0 Å². The Morgan fingerprint density at radius 3 is 2.56 bits per heavy atom. The molecule has 0 fully saturated rings. The Morgan fingerprint density at radius 2 is 2.06 bits per heavy atom. The molecule has 1 aromatic carbocycles. The van der Waals surface area contributed by atoms with Crippen LogP contribution in [0.3, 0.4) is 0 Å². The molecule has 0 saturated heterocycles. The largest absolute Gasteiger partial charge is 0.465 e. The minimum Gasteiger partial charge on any atom is -0.465 e. The molecule has 1 aromatic heterocycles. The third-order valence-electron chi connectivity index (χ3n) is 2.39. The molecule has 0 aliphatic rings. The van der Waals surface area contributed by atoms with E-state index in [0.29, 0.717) is 11.3 Å². The first-order valence-electron chi connectivity index (χ1n) is 5.06. The van der Waals surface area contributed by atoms with Gasteiger partial charge in [0.05, 0.1) is 18.4 Å². The number of nitrogens with zero attached hydrogens (tertiary/aromatic N) is 2. The van der Waals surface area contributed by atoms with E-state index in [1.54, 1.807) is 24.3 Å². The molecule has 0 amide bonds. The van der Waals surface area contributed by atoms with Crippen molar-refractivity contribution in [2.45, 2.75) is 0 Å². The molecule has 90 valence electrons. The predicted molar refractivity (Wildman–Crippen MR) is 62.4 cm³/mol. The average Bonchev–Trinajstić information content (AvgIpc) is 2.79. The van der Waals surface area contributed by atoms with E-state index in [2.05, 4.69) is 9.84 Å².